The average Bonchev–Trinajstić information content (AvgIpc) is 3.79. The number of nitrogens with zero attached hydrogens (tertiary/aromatic N) is 2. The number of fused-ring (bicyclic) bond motifs is 5. The van der Waals surface area contributed by atoms with Crippen LogP contribution < -0.4 is 4.90 Å². The SMILES string of the molecule is c1ccc(-c2nc3cc4sc5cccc(N(c6ccc(-c7ccc8ccccc8c7)cc6)c6ccccc6-c6ccccc6)c5c4cc3o2)cc1. The number of anilines is 3. The molecule has 3 nitrogen and oxygen atoms in total. The number of oxazole rings is 1. The fourth-order valence-corrected chi connectivity index (χ4v) is 8.37. The molecule has 0 aliphatic rings. The Morgan fingerprint density at radius 3 is 1.98 bits per heavy atom. The molecule has 240 valence electrons. The lowest BCUT2D eigenvalue weighted by Crippen LogP contribution is -2.11. The molecule has 51 heavy (non-hydrogen) atoms. The van der Waals surface area contributed by atoms with E-state index in [0.29, 0.717) is 5.89 Å². The molecule has 0 fully saturated rings. The summed E-state index contributed by atoms with van der Waals surface area (Å²) in [5.74, 6) is 0.637. The second kappa shape index (κ2) is 12.1. The average molecular weight is 671 g/mol. The van der Waals surface area contributed by atoms with Crippen molar-refractivity contribution in [3.05, 3.63) is 182 Å². The van der Waals surface area contributed by atoms with E-state index in [0.717, 1.165) is 39.1 Å². The molecule has 10 rings (SSSR count). The summed E-state index contributed by atoms with van der Waals surface area (Å²) in [6, 6.07) is 64.7. The molecule has 0 N–H and O–H groups in total. The zero-order valence-electron chi connectivity index (χ0n) is 27.5. The van der Waals surface area contributed by atoms with Crippen molar-refractivity contribution >= 4 is 70.4 Å². The van der Waals surface area contributed by atoms with E-state index in [1.807, 2.05) is 30.3 Å². The van der Waals surface area contributed by atoms with Crippen molar-refractivity contribution in [1.29, 1.82) is 0 Å². The third-order valence-corrected chi connectivity index (χ3v) is 10.8. The van der Waals surface area contributed by atoms with Gasteiger partial charge < -0.3 is 9.32 Å². The van der Waals surface area contributed by atoms with Crippen LogP contribution in [0.4, 0.5) is 17.1 Å². The summed E-state index contributed by atoms with van der Waals surface area (Å²) in [6.07, 6.45) is 0. The molecule has 0 saturated heterocycles. The Hall–Kier alpha value is -6.49. The number of para-hydroxylation sites is 1. The minimum atomic E-state index is 0.637. The van der Waals surface area contributed by atoms with Crippen LogP contribution in [0.1, 0.15) is 0 Å². The lowest BCUT2D eigenvalue weighted by molar-refractivity contribution is 0.620. The maximum Gasteiger partial charge on any atom is 0.227 e. The van der Waals surface area contributed by atoms with Gasteiger partial charge in [-0.1, -0.05) is 121 Å². The first kappa shape index (κ1) is 29.4. The number of hydrogen-bond donors (Lipinski definition) is 0. The van der Waals surface area contributed by atoms with E-state index >= 15 is 0 Å². The molecule has 0 amide bonds. The Kier molecular flexibility index (Phi) is 7.00. The number of aromatic nitrogens is 1. The van der Waals surface area contributed by atoms with Gasteiger partial charge in [-0.2, -0.15) is 0 Å². The van der Waals surface area contributed by atoms with Crippen molar-refractivity contribution in [3.8, 4) is 33.7 Å². The first-order valence-corrected chi connectivity index (χ1v) is 17.9. The standard InChI is InChI=1S/C47H30N2OS/c1-3-13-33(14-4-1)38-18-9-10-19-41(38)49(37-26-24-32(25-27-37)36-23-22-31-12-7-8-17-35(31)28-36)42-20-11-21-44-46(42)39-29-43-40(30-45(39)51-44)48-47(50-43)34-15-5-2-6-16-34/h1-30H. The van der Waals surface area contributed by atoms with Crippen molar-refractivity contribution in [2.24, 2.45) is 0 Å². The molecular formula is C47H30N2OS. The van der Waals surface area contributed by atoms with Crippen molar-refractivity contribution in [2.45, 2.75) is 0 Å². The lowest BCUT2D eigenvalue weighted by atomic mass is 9.99. The highest BCUT2D eigenvalue weighted by molar-refractivity contribution is 7.26. The van der Waals surface area contributed by atoms with Gasteiger partial charge in [0.2, 0.25) is 5.89 Å². The van der Waals surface area contributed by atoms with Crippen LogP contribution in [0.5, 0.6) is 0 Å². The Labute approximate surface area is 299 Å². The van der Waals surface area contributed by atoms with Crippen molar-refractivity contribution < 1.29 is 4.42 Å². The summed E-state index contributed by atoms with van der Waals surface area (Å²) in [6.45, 7) is 0. The maximum atomic E-state index is 6.39. The highest BCUT2D eigenvalue weighted by Gasteiger charge is 2.22. The van der Waals surface area contributed by atoms with Gasteiger partial charge in [-0.15, -0.1) is 11.3 Å². The topological polar surface area (TPSA) is 29.3 Å². The largest absolute Gasteiger partial charge is 0.436 e. The number of rotatable bonds is 6. The predicted octanol–water partition coefficient (Wildman–Crippen LogP) is 13.8. The molecule has 0 bridgehead atoms. The van der Waals surface area contributed by atoms with Gasteiger partial charge >= 0.3 is 0 Å². The molecule has 0 atom stereocenters. The summed E-state index contributed by atoms with van der Waals surface area (Å²) in [5.41, 5.74) is 10.7. The number of hydrogen-bond acceptors (Lipinski definition) is 4. The van der Waals surface area contributed by atoms with Crippen molar-refractivity contribution in [2.75, 3.05) is 4.90 Å². The zero-order valence-corrected chi connectivity index (χ0v) is 28.3. The Morgan fingerprint density at radius 2 is 1.16 bits per heavy atom. The molecule has 4 heteroatoms. The molecule has 8 aromatic carbocycles. The quantitative estimate of drug-likeness (QED) is 0.176. The van der Waals surface area contributed by atoms with Gasteiger partial charge in [-0.25, -0.2) is 4.98 Å². The van der Waals surface area contributed by atoms with E-state index in [-0.39, 0.29) is 0 Å². The first-order chi connectivity index (χ1) is 25.3. The van der Waals surface area contributed by atoms with Gasteiger partial charge in [-0.05, 0) is 88.1 Å². The molecule has 0 radical (unpaired) electrons. The van der Waals surface area contributed by atoms with E-state index in [1.165, 1.54) is 47.8 Å². The molecular weight excluding hydrogens is 641 g/mol. The molecule has 10 aromatic rings. The monoisotopic (exact) mass is 670 g/mol. The normalized spacial score (nSPS) is 11.5. The van der Waals surface area contributed by atoms with Crippen LogP contribution in [0, 0.1) is 0 Å². The fraction of sp³-hybridized carbons (Fsp3) is 0. The zero-order chi connectivity index (χ0) is 33.7. The Morgan fingerprint density at radius 1 is 0.471 bits per heavy atom. The van der Waals surface area contributed by atoms with Gasteiger partial charge in [-0.3, -0.25) is 0 Å². The van der Waals surface area contributed by atoms with Crippen LogP contribution in [-0.2, 0) is 0 Å². The first-order valence-electron chi connectivity index (χ1n) is 17.1. The van der Waals surface area contributed by atoms with Crippen LogP contribution in [0.3, 0.4) is 0 Å². The predicted molar refractivity (Wildman–Crippen MR) is 215 cm³/mol. The third-order valence-electron chi connectivity index (χ3n) is 9.68. The van der Waals surface area contributed by atoms with E-state index < -0.39 is 0 Å². The molecule has 0 unspecified atom stereocenters. The van der Waals surface area contributed by atoms with E-state index in [9.17, 15) is 0 Å². The van der Waals surface area contributed by atoms with Gasteiger partial charge in [0, 0.05) is 37.0 Å². The highest BCUT2D eigenvalue weighted by Crippen LogP contribution is 2.48. The third kappa shape index (κ3) is 5.16. The van der Waals surface area contributed by atoms with Gasteiger partial charge in [0.05, 0.1) is 11.4 Å². The number of thiophene rings is 1. The fourth-order valence-electron chi connectivity index (χ4n) is 7.23. The van der Waals surface area contributed by atoms with Crippen LogP contribution in [0.2, 0.25) is 0 Å². The minimum Gasteiger partial charge on any atom is -0.436 e. The Balaban J connectivity index is 1.17. The lowest BCUT2D eigenvalue weighted by Gasteiger charge is -2.29. The highest BCUT2D eigenvalue weighted by atomic mass is 32.1. The van der Waals surface area contributed by atoms with E-state index in [2.05, 4.69) is 157 Å². The molecule has 0 aliphatic carbocycles. The van der Waals surface area contributed by atoms with Crippen molar-refractivity contribution in [3.63, 3.8) is 0 Å². The second-order valence-electron chi connectivity index (χ2n) is 12.8. The summed E-state index contributed by atoms with van der Waals surface area (Å²) < 4.78 is 8.79. The number of benzene rings is 8. The van der Waals surface area contributed by atoms with Crippen LogP contribution in [-0.4, -0.2) is 4.98 Å². The van der Waals surface area contributed by atoms with E-state index in [4.69, 9.17) is 9.40 Å². The molecule has 0 spiro atoms. The smallest absolute Gasteiger partial charge is 0.227 e. The van der Waals surface area contributed by atoms with Crippen LogP contribution in [0.15, 0.2) is 186 Å². The molecule has 0 saturated carbocycles. The summed E-state index contributed by atoms with van der Waals surface area (Å²) in [7, 11) is 0. The summed E-state index contributed by atoms with van der Waals surface area (Å²) >= 11 is 1.80. The summed E-state index contributed by atoms with van der Waals surface area (Å²) in [5, 5.41) is 4.84. The minimum absolute atomic E-state index is 0.637. The molecule has 0 aliphatic heterocycles. The van der Waals surface area contributed by atoms with E-state index in [1.54, 1.807) is 11.3 Å². The van der Waals surface area contributed by atoms with Crippen LogP contribution in [0.25, 0.3) is 75.8 Å². The van der Waals surface area contributed by atoms with Crippen molar-refractivity contribution in [1.82, 2.24) is 4.98 Å². The molecule has 2 heterocycles. The van der Waals surface area contributed by atoms with Gasteiger partial charge in [0.15, 0.2) is 5.58 Å². The Bertz CT molecular complexity index is 2850. The van der Waals surface area contributed by atoms with Gasteiger partial charge in [0.25, 0.3) is 0 Å². The molecule has 2 aromatic heterocycles. The second-order valence-corrected chi connectivity index (χ2v) is 13.9. The van der Waals surface area contributed by atoms with Crippen LogP contribution >= 0.6 is 11.3 Å². The van der Waals surface area contributed by atoms with Gasteiger partial charge in [0.1, 0.15) is 5.52 Å². The maximum absolute atomic E-state index is 6.39. The summed E-state index contributed by atoms with van der Waals surface area (Å²) in [4.78, 5) is 7.30.